The van der Waals surface area contributed by atoms with Gasteiger partial charge in [0.25, 0.3) is 11.8 Å². The van der Waals surface area contributed by atoms with Crippen molar-refractivity contribution in [1.82, 2.24) is 9.80 Å². The van der Waals surface area contributed by atoms with E-state index in [-0.39, 0.29) is 36.0 Å². The number of rotatable bonds is 5. The minimum Gasteiger partial charge on any atom is -0.282 e. The Balaban J connectivity index is 1.79. The summed E-state index contributed by atoms with van der Waals surface area (Å²) in [5, 5.41) is 0. The Kier molecular flexibility index (Phi) is 4.25. The van der Waals surface area contributed by atoms with E-state index >= 15 is 0 Å². The molecule has 0 saturated carbocycles. The Hall–Kier alpha value is -1.73. The minimum absolute atomic E-state index is 0.107. The van der Waals surface area contributed by atoms with Gasteiger partial charge in [-0.2, -0.15) is 0 Å². The van der Waals surface area contributed by atoms with Gasteiger partial charge in [-0.1, -0.05) is 19.1 Å². The van der Waals surface area contributed by atoms with Crippen molar-refractivity contribution in [1.29, 1.82) is 0 Å². The van der Waals surface area contributed by atoms with Gasteiger partial charge < -0.3 is 0 Å². The number of carbonyl (C=O) groups excluding carboxylic acids is 2. The molecule has 0 bridgehead atoms. The maximum atomic E-state index is 12.4. The highest BCUT2D eigenvalue weighted by Crippen LogP contribution is 2.25. The van der Waals surface area contributed by atoms with Crippen LogP contribution in [0.25, 0.3) is 0 Å². The molecular weight excluding hydrogens is 316 g/mol. The molecule has 2 aliphatic heterocycles. The number of amides is 2. The van der Waals surface area contributed by atoms with Gasteiger partial charge in [0.1, 0.15) is 0 Å². The van der Waals surface area contributed by atoms with E-state index in [4.69, 9.17) is 0 Å². The molecule has 0 aromatic heterocycles. The SMILES string of the molecule is CCCN(CN1C(=O)c2ccccc2C1=O)[C@@H]1CCS(=O)(=O)C1. The third-order valence-corrected chi connectivity index (χ3v) is 6.19. The zero-order valence-corrected chi connectivity index (χ0v) is 13.9. The molecule has 1 saturated heterocycles. The van der Waals surface area contributed by atoms with Gasteiger partial charge in [0.15, 0.2) is 9.84 Å². The molecule has 1 atom stereocenters. The van der Waals surface area contributed by atoms with Crippen molar-refractivity contribution in [2.24, 2.45) is 0 Å². The zero-order valence-electron chi connectivity index (χ0n) is 13.1. The molecule has 0 unspecified atom stereocenters. The monoisotopic (exact) mass is 336 g/mol. The summed E-state index contributed by atoms with van der Waals surface area (Å²) < 4.78 is 23.4. The number of hydrogen-bond donors (Lipinski definition) is 0. The number of imide groups is 1. The van der Waals surface area contributed by atoms with Crippen LogP contribution in [0.15, 0.2) is 24.3 Å². The van der Waals surface area contributed by atoms with Crippen LogP contribution in [0.2, 0.25) is 0 Å². The Labute approximate surface area is 136 Å². The fourth-order valence-corrected chi connectivity index (χ4v) is 5.03. The number of fused-ring (bicyclic) bond motifs is 1. The van der Waals surface area contributed by atoms with Crippen molar-refractivity contribution in [3.63, 3.8) is 0 Å². The van der Waals surface area contributed by atoms with E-state index in [0.29, 0.717) is 24.1 Å². The van der Waals surface area contributed by atoms with Gasteiger partial charge in [-0.05, 0) is 31.5 Å². The highest BCUT2D eigenvalue weighted by atomic mass is 32.2. The van der Waals surface area contributed by atoms with Crippen molar-refractivity contribution >= 4 is 21.7 Å². The molecule has 0 N–H and O–H groups in total. The number of sulfone groups is 1. The summed E-state index contributed by atoms with van der Waals surface area (Å²) in [5.74, 6) is -0.309. The van der Waals surface area contributed by atoms with Crippen LogP contribution in [-0.2, 0) is 9.84 Å². The molecule has 2 amide bonds. The maximum absolute atomic E-state index is 12.4. The normalized spacial score (nSPS) is 22.9. The fraction of sp³-hybridized carbons (Fsp3) is 0.500. The van der Waals surface area contributed by atoms with Crippen LogP contribution in [-0.4, -0.2) is 60.8 Å². The third kappa shape index (κ3) is 3.03. The van der Waals surface area contributed by atoms with Crippen LogP contribution < -0.4 is 0 Å². The van der Waals surface area contributed by atoms with Crippen molar-refractivity contribution in [3.05, 3.63) is 35.4 Å². The Bertz CT molecular complexity index is 709. The van der Waals surface area contributed by atoms with Gasteiger partial charge in [0, 0.05) is 6.04 Å². The second-order valence-electron chi connectivity index (χ2n) is 6.09. The van der Waals surface area contributed by atoms with Crippen LogP contribution in [0.3, 0.4) is 0 Å². The lowest BCUT2D eigenvalue weighted by Gasteiger charge is -2.30. The Morgan fingerprint density at radius 1 is 1.17 bits per heavy atom. The van der Waals surface area contributed by atoms with Crippen LogP contribution in [0.4, 0.5) is 0 Å². The van der Waals surface area contributed by atoms with Gasteiger partial charge in [-0.3, -0.25) is 19.4 Å². The number of benzene rings is 1. The molecule has 1 fully saturated rings. The summed E-state index contributed by atoms with van der Waals surface area (Å²) in [6, 6.07) is 6.66. The van der Waals surface area contributed by atoms with E-state index in [1.54, 1.807) is 24.3 Å². The number of hydrogen-bond acceptors (Lipinski definition) is 5. The first kappa shape index (κ1) is 16.1. The largest absolute Gasteiger partial charge is 0.282 e. The third-order valence-electron chi connectivity index (χ3n) is 4.44. The zero-order chi connectivity index (χ0) is 16.6. The van der Waals surface area contributed by atoms with Gasteiger partial charge in [0.05, 0.1) is 29.3 Å². The van der Waals surface area contributed by atoms with Gasteiger partial charge in [-0.25, -0.2) is 8.42 Å². The van der Waals surface area contributed by atoms with E-state index in [1.807, 2.05) is 11.8 Å². The highest BCUT2D eigenvalue weighted by molar-refractivity contribution is 7.91. The molecule has 0 radical (unpaired) electrons. The molecule has 0 aliphatic carbocycles. The van der Waals surface area contributed by atoms with Crippen molar-refractivity contribution in [2.45, 2.75) is 25.8 Å². The van der Waals surface area contributed by atoms with E-state index in [1.165, 1.54) is 4.90 Å². The molecule has 124 valence electrons. The lowest BCUT2D eigenvalue weighted by Crippen LogP contribution is -2.46. The summed E-state index contributed by atoms with van der Waals surface area (Å²) in [5.41, 5.74) is 0.848. The minimum atomic E-state index is -3.00. The summed E-state index contributed by atoms with van der Waals surface area (Å²) in [6.45, 7) is 2.81. The van der Waals surface area contributed by atoms with Crippen molar-refractivity contribution in [2.75, 3.05) is 24.7 Å². The molecule has 3 rings (SSSR count). The molecule has 23 heavy (non-hydrogen) atoms. The van der Waals surface area contributed by atoms with E-state index in [0.717, 1.165) is 6.42 Å². The van der Waals surface area contributed by atoms with Crippen LogP contribution >= 0.6 is 0 Å². The maximum Gasteiger partial charge on any atom is 0.262 e. The molecule has 0 spiro atoms. The van der Waals surface area contributed by atoms with E-state index in [2.05, 4.69) is 0 Å². The Morgan fingerprint density at radius 2 is 1.78 bits per heavy atom. The number of carbonyl (C=O) groups is 2. The topological polar surface area (TPSA) is 74.8 Å². The molecule has 6 nitrogen and oxygen atoms in total. The van der Waals surface area contributed by atoms with E-state index < -0.39 is 9.84 Å². The smallest absolute Gasteiger partial charge is 0.262 e. The molecule has 2 aliphatic rings. The van der Waals surface area contributed by atoms with Crippen molar-refractivity contribution in [3.8, 4) is 0 Å². The molecular formula is C16H20N2O4S. The average molecular weight is 336 g/mol. The first-order chi connectivity index (χ1) is 10.9. The van der Waals surface area contributed by atoms with Crippen LogP contribution in [0.1, 0.15) is 40.5 Å². The van der Waals surface area contributed by atoms with Gasteiger partial charge in [-0.15, -0.1) is 0 Å². The highest BCUT2D eigenvalue weighted by Gasteiger charge is 2.39. The molecule has 1 aromatic carbocycles. The predicted molar refractivity (Wildman–Crippen MR) is 85.9 cm³/mol. The predicted octanol–water partition coefficient (Wildman–Crippen LogP) is 1.14. The second kappa shape index (κ2) is 6.05. The average Bonchev–Trinajstić information content (AvgIpc) is 3.00. The van der Waals surface area contributed by atoms with Crippen LogP contribution in [0, 0.1) is 0 Å². The standard InChI is InChI=1S/C16H20N2O4S/c1-2-8-17(12-7-9-23(21,22)10-12)11-18-15(19)13-5-3-4-6-14(13)16(18)20/h3-6,12H,2,7-11H2,1H3/t12-/m1/s1. The quantitative estimate of drug-likeness (QED) is 0.754. The fourth-order valence-electron chi connectivity index (χ4n) is 3.27. The lowest BCUT2D eigenvalue weighted by molar-refractivity contribution is 0.0497. The van der Waals surface area contributed by atoms with E-state index in [9.17, 15) is 18.0 Å². The second-order valence-corrected chi connectivity index (χ2v) is 8.32. The first-order valence-electron chi connectivity index (χ1n) is 7.82. The number of nitrogens with zero attached hydrogens (tertiary/aromatic N) is 2. The summed E-state index contributed by atoms with van der Waals surface area (Å²) in [6.07, 6.45) is 1.39. The molecule has 7 heteroatoms. The first-order valence-corrected chi connectivity index (χ1v) is 9.65. The molecule has 2 heterocycles. The van der Waals surface area contributed by atoms with Gasteiger partial charge in [0.2, 0.25) is 0 Å². The summed E-state index contributed by atoms with van der Waals surface area (Å²) in [7, 11) is -3.00. The van der Waals surface area contributed by atoms with Crippen molar-refractivity contribution < 1.29 is 18.0 Å². The Morgan fingerprint density at radius 3 is 2.26 bits per heavy atom. The summed E-state index contributed by atoms with van der Waals surface area (Å²) in [4.78, 5) is 28.1. The molecule has 1 aromatic rings. The van der Waals surface area contributed by atoms with Crippen LogP contribution in [0.5, 0.6) is 0 Å². The van der Waals surface area contributed by atoms with Gasteiger partial charge >= 0.3 is 0 Å². The lowest BCUT2D eigenvalue weighted by atomic mass is 10.1. The summed E-state index contributed by atoms with van der Waals surface area (Å²) >= 11 is 0.